The zero-order valence-corrected chi connectivity index (χ0v) is 15.0. The van der Waals surface area contributed by atoms with Gasteiger partial charge in [-0.2, -0.15) is 5.10 Å². The Kier molecular flexibility index (Phi) is 6.57. The molecule has 0 atom stereocenters. The van der Waals surface area contributed by atoms with Gasteiger partial charge in [-0.1, -0.05) is 29.3 Å². The van der Waals surface area contributed by atoms with E-state index < -0.39 is 5.91 Å². The van der Waals surface area contributed by atoms with E-state index in [2.05, 4.69) is 10.5 Å². The number of ether oxygens (including phenoxy) is 2. The maximum atomic E-state index is 12.0. The molecule has 7 nitrogen and oxygen atoms in total. The molecule has 0 bridgehead atoms. The first-order valence-electron chi connectivity index (χ1n) is 7.59. The van der Waals surface area contributed by atoms with Crippen LogP contribution in [0.15, 0.2) is 41.5 Å². The van der Waals surface area contributed by atoms with Gasteiger partial charge in [0.15, 0.2) is 18.1 Å². The van der Waals surface area contributed by atoms with Crippen LogP contribution >= 0.6 is 11.6 Å². The number of nitrogens with one attached hydrogen (secondary N) is 1. The molecule has 0 aliphatic rings. The molecule has 0 spiro atoms. The molecule has 0 saturated heterocycles. The number of benzene rings is 2. The van der Waals surface area contributed by atoms with E-state index in [0.717, 1.165) is 5.56 Å². The standard InChI is InChI=1S/C18H18ClN3O4/c1-11-3-5-13(6-4-11)18(24)22-21-9-12-7-14(19)17(15(8-12)25-2)26-10-16(20)23/h3-9H,10H2,1-2H3,(H2,20,23)(H,22,24)/b21-9+. The summed E-state index contributed by atoms with van der Waals surface area (Å²) in [5.41, 5.74) is 9.62. The average Bonchev–Trinajstić information content (AvgIpc) is 2.60. The minimum atomic E-state index is -0.632. The smallest absolute Gasteiger partial charge is 0.271 e. The molecular weight excluding hydrogens is 358 g/mol. The molecule has 2 amide bonds. The molecular formula is C18H18ClN3O4. The molecule has 2 aromatic rings. The van der Waals surface area contributed by atoms with Crippen LogP contribution in [-0.4, -0.2) is 31.7 Å². The van der Waals surface area contributed by atoms with E-state index in [0.29, 0.717) is 16.9 Å². The van der Waals surface area contributed by atoms with Crippen LogP contribution in [0.3, 0.4) is 0 Å². The van der Waals surface area contributed by atoms with Gasteiger partial charge in [-0.3, -0.25) is 9.59 Å². The highest BCUT2D eigenvalue weighted by Crippen LogP contribution is 2.35. The van der Waals surface area contributed by atoms with Gasteiger partial charge in [-0.05, 0) is 36.8 Å². The predicted molar refractivity (Wildman–Crippen MR) is 98.9 cm³/mol. The summed E-state index contributed by atoms with van der Waals surface area (Å²) in [6.07, 6.45) is 1.42. The lowest BCUT2D eigenvalue weighted by Crippen LogP contribution is -2.20. The summed E-state index contributed by atoms with van der Waals surface area (Å²) in [5, 5.41) is 4.13. The number of amides is 2. The minimum Gasteiger partial charge on any atom is -0.493 e. The second-order valence-corrected chi connectivity index (χ2v) is 5.76. The topological polar surface area (TPSA) is 103 Å². The third kappa shape index (κ3) is 5.22. The predicted octanol–water partition coefficient (Wildman–Crippen LogP) is 2.29. The van der Waals surface area contributed by atoms with Crippen molar-refractivity contribution in [3.05, 3.63) is 58.1 Å². The summed E-state index contributed by atoms with van der Waals surface area (Å²) in [4.78, 5) is 22.8. The first kappa shape index (κ1) is 19.3. The fourth-order valence-electron chi connectivity index (χ4n) is 2.03. The van der Waals surface area contributed by atoms with E-state index in [9.17, 15) is 9.59 Å². The summed E-state index contributed by atoms with van der Waals surface area (Å²) in [5.74, 6) is -0.452. The number of primary amides is 1. The second kappa shape index (κ2) is 8.87. The Balaban J connectivity index is 2.09. The third-order valence-corrected chi connectivity index (χ3v) is 3.58. The van der Waals surface area contributed by atoms with Gasteiger partial charge in [0.25, 0.3) is 11.8 Å². The summed E-state index contributed by atoms with van der Waals surface area (Å²) in [6, 6.07) is 10.3. The van der Waals surface area contributed by atoms with Crippen molar-refractivity contribution in [2.75, 3.05) is 13.7 Å². The Labute approximate surface area is 155 Å². The Bertz CT molecular complexity index is 835. The van der Waals surface area contributed by atoms with E-state index in [-0.39, 0.29) is 23.3 Å². The van der Waals surface area contributed by atoms with Crippen LogP contribution in [-0.2, 0) is 4.79 Å². The molecule has 0 aliphatic carbocycles. The van der Waals surface area contributed by atoms with Crippen LogP contribution in [0.1, 0.15) is 21.5 Å². The molecule has 0 aliphatic heterocycles. The molecule has 0 unspecified atom stereocenters. The zero-order chi connectivity index (χ0) is 19.1. The van der Waals surface area contributed by atoms with Crippen molar-refractivity contribution in [1.29, 1.82) is 0 Å². The highest BCUT2D eigenvalue weighted by Gasteiger charge is 2.12. The quantitative estimate of drug-likeness (QED) is 0.572. The number of rotatable bonds is 7. The van der Waals surface area contributed by atoms with Crippen LogP contribution in [0.2, 0.25) is 5.02 Å². The SMILES string of the molecule is COc1cc(/C=N/NC(=O)c2ccc(C)cc2)cc(Cl)c1OCC(N)=O. The van der Waals surface area contributed by atoms with Gasteiger partial charge < -0.3 is 15.2 Å². The third-order valence-electron chi connectivity index (χ3n) is 3.30. The largest absolute Gasteiger partial charge is 0.493 e. The molecule has 0 radical (unpaired) electrons. The second-order valence-electron chi connectivity index (χ2n) is 5.35. The number of hydrogen-bond donors (Lipinski definition) is 2. The number of aryl methyl sites for hydroxylation is 1. The lowest BCUT2D eigenvalue weighted by molar-refractivity contribution is -0.119. The Hall–Kier alpha value is -3.06. The summed E-state index contributed by atoms with van der Waals surface area (Å²) < 4.78 is 10.4. The van der Waals surface area contributed by atoms with Crippen LogP contribution < -0.4 is 20.6 Å². The van der Waals surface area contributed by atoms with Gasteiger partial charge in [0, 0.05) is 5.56 Å². The number of hydrogen-bond acceptors (Lipinski definition) is 5. The lowest BCUT2D eigenvalue weighted by atomic mass is 10.1. The molecule has 2 aromatic carbocycles. The van der Waals surface area contributed by atoms with E-state index in [1.165, 1.54) is 13.3 Å². The zero-order valence-electron chi connectivity index (χ0n) is 14.3. The molecule has 0 aromatic heterocycles. The number of carbonyl (C=O) groups excluding carboxylic acids is 2. The maximum absolute atomic E-state index is 12.0. The number of nitrogens with two attached hydrogens (primary N) is 1. The van der Waals surface area contributed by atoms with Gasteiger partial charge >= 0.3 is 0 Å². The van der Waals surface area contributed by atoms with E-state index in [4.69, 9.17) is 26.8 Å². The molecule has 0 heterocycles. The molecule has 0 fully saturated rings. The first-order valence-corrected chi connectivity index (χ1v) is 7.97. The van der Waals surface area contributed by atoms with Crippen molar-refractivity contribution in [3.63, 3.8) is 0 Å². The van der Waals surface area contributed by atoms with Gasteiger partial charge in [-0.15, -0.1) is 0 Å². The van der Waals surface area contributed by atoms with Crippen molar-refractivity contribution in [2.45, 2.75) is 6.92 Å². The van der Waals surface area contributed by atoms with E-state index in [1.807, 2.05) is 19.1 Å². The molecule has 2 rings (SSSR count). The van der Waals surface area contributed by atoms with Crippen molar-refractivity contribution in [1.82, 2.24) is 5.43 Å². The van der Waals surface area contributed by atoms with Crippen molar-refractivity contribution in [2.24, 2.45) is 10.8 Å². The Morgan fingerprint density at radius 3 is 2.58 bits per heavy atom. The monoisotopic (exact) mass is 375 g/mol. The minimum absolute atomic E-state index is 0.203. The summed E-state index contributed by atoms with van der Waals surface area (Å²) >= 11 is 6.14. The number of hydrazone groups is 1. The van der Waals surface area contributed by atoms with Gasteiger partial charge in [0.05, 0.1) is 18.3 Å². The van der Waals surface area contributed by atoms with Gasteiger partial charge in [-0.25, -0.2) is 5.43 Å². The average molecular weight is 376 g/mol. The number of nitrogens with zero attached hydrogens (tertiary/aromatic N) is 1. The maximum Gasteiger partial charge on any atom is 0.271 e. The van der Waals surface area contributed by atoms with Crippen molar-refractivity contribution >= 4 is 29.6 Å². The summed E-state index contributed by atoms with van der Waals surface area (Å²) in [7, 11) is 1.43. The lowest BCUT2D eigenvalue weighted by Gasteiger charge is -2.12. The molecule has 3 N–H and O–H groups in total. The van der Waals surface area contributed by atoms with Crippen LogP contribution in [0, 0.1) is 6.92 Å². The normalized spacial score (nSPS) is 10.6. The first-order chi connectivity index (χ1) is 12.4. The Morgan fingerprint density at radius 2 is 1.96 bits per heavy atom. The van der Waals surface area contributed by atoms with Crippen LogP contribution in [0.25, 0.3) is 0 Å². The van der Waals surface area contributed by atoms with E-state index >= 15 is 0 Å². The number of halogens is 1. The van der Waals surface area contributed by atoms with Crippen LogP contribution in [0.4, 0.5) is 0 Å². The molecule has 136 valence electrons. The van der Waals surface area contributed by atoms with Crippen molar-refractivity contribution < 1.29 is 19.1 Å². The number of carbonyl (C=O) groups is 2. The fraction of sp³-hybridized carbons (Fsp3) is 0.167. The van der Waals surface area contributed by atoms with Gasteiger partial charge in [0.2, 0.25) is 0 Å². The van der Waals surface area contributed by atoms with Crippen molar-refractivity contribution in [3.8, 4) is 11.5 Å². The van der Waals surface area contributed by atoms with Gasteiger partial charge in [0.1, 0.15) is 0 Å². The fourth-order valence-corrected chi connectivity index (χ4v) is 2.31. The Morgan fingerprint density at radius 1 is 1.27 bits per heavy atom. The van der Waals surface area contributed by atoms with Crippen LogP contribution in [0.5, 0.6) is 11.5 Å². The summed E-state index contributed by atoms with van der Waals surface area (Å²) in [6.45, 7) is 1.61. The highest BCUT2D eigenvalue weighted by atomic mass is 35.5. The molecule has 0 saturated carbocycles. The van der Waals surface area contributed by atoms with E-state index in [1.54, 1.807) is 24.3 Å². The number of methoxy groups -OCH3 is 1. The highest BCUT2D eigenvalue weighted by molar-refractivity contribution is 6.32. The molecule has 8 heteroatoms. The molecule has 26 heavy (non-hydrogen) atoms.